The molecule has 0 atom stereocenters. The second kappa shape index (κ2) is 10.9. The van der Waals surface area contributed by atoms with E-state index in [0.29, 0.717) is 12.1 Å². The molecule has 26 heteroatoms. The summed E-state index contributed by atoms with van der Waals surface area (Å²) in [6, 6.07) is 1.40. The van der Waals surface area contributed by atoms with Gasteiger partial charge in [0.1, 0.15) is 40.6 Å². The Kier molecular flexibility index (Phi) is 8.05. The number of fused-ring (bicyclic) bond motifs is 2. The SMILES string of the molecule is [C-]#[N+]C([N+]#[C-])=C1Cc2c(S(F)(F)(F)(F)F)c3c(c(S(F)(F)(F)(F)F)c2=C1c1c(F)c(F)c(F)c(F)c1F)CC(=C(C#N)C#N)C=3c1c(F)c(F)c(F)c(F)c1F. The first-order valence-electron chi connectivity index (χ1n) is 13.6. The monoisotopic (exact) mass is 864 g/mol. The largest absolute Gasteiger partial charge is 0.523 e. The molecule has 0 fully saturated rings. The number of hydrogen-bond acceptors (Lipinski definition) is 2. The fraction of sp³-hybridized carbons (Fsp3) is 0.0667. The highest BCUT2D eigenvalue weighted by atomic mass is 32.5. The summed E-state index contributed by atoms with van der Waals surface area (Å²) in [6.07, 6.45) is -5.27. The molecular weight excluding hydrogens is 860 g/mol. The highest BCUT2D eigenvalue weighted by Gasteiger charge is 2.72. The Morgan fingerprint density at radius 2 is 0.732 bits per heavy atom. The molecule has 0 amide bonds. The van der Waals surface area contributed by atoms with E-state index in [1.165, 1.54) is 0 Å². The van der Waals surface area contributed by atoms with Crippen molar-refractivity contribution in [2.75, 3.05) is 0 Å². The van der Waals surface area contributed by atoms with E-state index in [1.807, 2.05) is 0 Å². The summed E-state index contributed by atoms with van der Waals surface area (Å²) >= 11 is 0. The van der Waals surface area contributed by atoms with Crippen LogP contribution in [0.15, 0.2) is 32.3 Å². The van der Waals surface area contributed by atoms with Crippen LogP contribution in [0.25, 0.3) is 20.8 Å². The topological polar surface area (TPSA) is 56.3 Å². The van der Waals surface area contributed by atoms with Crippen molar-refractivity contribution < 1.29 is 82.8 Å². The van der Waals surface area contributed by atoms with Crippen molar-refractivity contribution in [3.8, 4) is 12.1 Å². The lowest BCUT2D eigenvalue weighted by molar-refractivity contribution is 0.352. The lowest BCUT2D eigenvalue weighted by atomic mass is 9.94. The molecule has 3 aromatic carbocycles. The van der Waals surface area contributed by atoms with Crippen LogP contribution in [0, 0.1) is 94.0 Å². The quantitative estimate of drug-likeness (QED) is 0.0863. The van der Waals surface area contributed by atoms with Gasteiger partial charge in [0, 0.05) is 22.4 Å². The maximum absolute atomic E-state index is 15.4. The van der Waals surface area contributed by atoms with Crippen LogP contribution >= 0.6 is 20.4 Å². The molecular formula is C30H4F20N4S2. The number of allylic oxidation sites excluding steroid dienone is 3. The van der Waals surface area contributed by atoms with Gasteiger partial charge in [-0.1, -0.05) is 38.9 Å². The Morgan fingerprint density at radius 1 is 0.464 bits per heavy atom. The molecule has 3 aromatic rings. The molecule has 2 aliphatic carbocycles. The Labute approximate surface area is 295 Å². The summed E-state index contributed by atoms with van der Waals surface area (Å²) < 4.78 is 301. The fourth-order valence-corrected chi connectivity index (χ4v) is 8.78. The van der Waals surface area contributed by atoms with E-state index in [1.54, 1.807) is 0 Å². The van der Waals surface area contributed by atoms with E-state index in [2.05, 4.69) is 9.69 Å². The van der Waals surface area contributed by atoms with Crippen LogP contribution in [0.5, 0.6) is 0 Å². The molecule has 0 saturated carbocycles. The van der Waals surface area contributed by atoms with Gasteiger partial charge in [0.2, 0.25) is 11.6 Å². The standard InChI is InChI=1S/C30H4F20N4S2/c1-53-30(54-2)11-4-10-15(13(11)17-20(33)24(37)27(40)25(38)21(17)34)28(55(41,42,43,44)45)9-3-8(7(5-51)6-52)12(14(9)29(10)56(46,47,48,49)50)16-18(31)22(35)26(39)23(36)19(16)32/h3-4H2. The molecule has 0 aliphatic heterocycles. The first kappa shape index (κ1) is 41.3. The third-order valence-corrected chi connectivity index (χ3v) is 10.6. The normalized spacial score (nSPS) is 16.4. The summed E-state index contributed by atoms with van der Waals surface area (Å²) in [4.78, 5) is -3.55. The average Bonchev–Trinajstić information content (AvgIpc) is 3.61. The molecule has 4 nitrogen and oxygen atoms in total. The molecule has 0 spiro atoms. The number of hydrogen-bond donors (Lipinski definition) is 0. The van der Waals surface area contributed by atoms with Crippen LogP contribution in [-0.2, 0) is 12.8 Å². The lowest BCUT2D eigenvalue weighted by Gasteiger charge is -2.45. The van der Waals surface area contributed by atoms with Gasteiger partial charge in [-0.3, -0.25) is 0 Å². The Hall–Kier alpha value is -5.86. The predicted molar refractivity (Wildman–Crippen MR) is 152 cm³/mol. The maximum Gasteiger partial charge on any atom is 0.523 e. The van der Waals surface area contributed by atoms with Crippen molar-refractivity contribution >= 4 is 31.6 Å². The number of halogens is 20. The minimum Gasteiger partial charge on any atom is -0.203 e. The van der Waals surface area contributed by atoms with Gasteiger partial charge in [0.15, 0.2) is 46.5 Å². The summed E-state index contributed by atoms with van der Waals surface area (Å²) in [5.74, 6) is -34.4. The zero-order valence-corrected chi connectivity index (χ0v) is 27.2. The van der Waals surface area contributed by atoms with Gasteiger partial charge in [-0.15, -0.1) is 0 Å². The summed E-state index contributed by atoms with van der Waals surface area (Å²) in [5.41, 5.74) is -23.6. The minimum absolute atomic E-state index is 0.700. The van der Waals surface area contributed by atoms with Crippen LogP contribution in [-0.4, -0.2) is 0 Å². The van der Waals surface area contributed by atoms with Crippen LogP contribution in [0.2, 0.25) is 0 Å². The van der Waals surface area contributed by atoms with Crippen molar-refractivity contribution in [1.29, 1.82) is 10.5 Å². The predicted octanol–water partition coefficient (Wildman–Crippen LogP) is 11.3. The van der Waals surface area contributed by atoms with Gasteiger partial charge < -0.3 is 0 Å². The van der Waals surface area contributed by atoms with E-state index in [9.17, 15) is 36.9 Å². The molecule has 0 radical (unpaired) electrons. The van der Waals surface area contributed by atoms with Gasteiger partial charge in [-0.25, -0.2) is 43.9 Å². The average molecular weight is 864 g/mol. The number of benzene rings is 3. The molecule has 5 rings (SSSR count). The first-order chi connectivity index (χ1) is 25.1. The van der Waals surface area contributed by atoms with Crippen LogP contribution < -0.4 is 10.4 Å². The van der Waals surface area contributed by atoms with E-state index in [0.717, 1.165) is 0 Å². The Balaban J connectivity index is 2.47. The first-order valence-corrected chi connectivity index (χ1v) is 17.5. The van der Waals surface area contributed by atoms with Gasteiger partial charge in [-0.05, 0) is 28.7 Å². The molecule has 296 valence electrons. The van der Waals surface area contributed by atoms with Crippen LogP contribution in [0.1, 0.15) is 22.3 Å². The third-order valence-electron chi connectivity index (χ3n) is 8.11. The fourth-order valence-electron chi connectivity index (χ4n) is 6.28. The summed E-state index contributed by atoms with van der Waals surface area (Å²) in [7, 11) is -24.5. The molecule has 0 aromatic heterocycles. The number of nitriles is 2. The van der Waals surface area contributed by atoms with Gasteiger partial charge >= 0.3 is 26.3 Å². The van der Waals surface area contributed by atoms with Crippen LogP contribution in [0.4, 0.5) is 82.8 Å². The molecule has 0 bridgehead atoms. The van der Waals surface area contributed by atoms with E-state index < -0.39 is 168 Å². The van der Waals surface area contributed by atoms with E-state index in [4.69, 9.17) is 13.1 Å². The summed E-state index contributed by atoms with van der Waals surface area (Å²) in [5, 5.41) is 12.3. The molecule has 0 heterocycles. The second-order valence-electron chi connectivity index (χ2n) is 11.4. The number of nitrogens with zero attached hydrogens (tertiary/aromatic N) is 4. The Morgan fingerprint density at radius 3 is 1.00 bits per heavy atom. The molecule has 0 N–H and O–H groups in total. The van der Waals surface area contributed by atoms with Crippen molar-refractivity contribution in [2.45, 2.75) is 22.6 Å². The highest BCUT2D eigenvalue weighted by Crippen LogP contribution is 3.04. The Bertz CT molecular complexity index is 2560. The molecule has 0 saturated heterocycles. The molecule has 2 aliphatic rings. The van der Waals surface area contributed by atoms with E-state index in [-0.39, 0.29) is 0 Å². The van der Waals surface area contributed by atoms with Crippen LogP contribution in [0.3, 0.4) is 0 Å². The van der Waals surface area contributed by atoms with Crippen molar-refractivity contribution in [1.82, 2.24) is 0 Å². The van der Waals surface area contributed by atoms with Crippen molar-refractivity contribution in [2.24, 2.45) is 0 Å². The van der Waals surface area contributed by atoms with Crippen molar-refractivity contribution in [3.05, 3.63) is 136 Å². The smallest absolute Gasteiger partial charge is 0.203 e. The summed E-state index contributed by atoms with van der Waals surface area (Å²) in [6.45, 7) is 14.2. The van der Waals surface area contributed by atoms with E-state index >= 15 is 56.4 Å². The minimum atomic E-state index is -12.3. The lowest BCUT2D eigenvalue weighted by Crippen LogP contribution is -2.35. The molecule has 0 unspecified atom stereocenters. The van der Waals surface area contributed by atoms with Gasteiger partial charge in [0.25, 0.3) is 0 Å². The molecule has 56 heavy (non-hydrogen) atoms. The number of rotatable bonds is 4. The van der Waals surface area contributed by atoms with Crippen molar-refractivity contribution in [3.63, 3.8) is 0 Å². The zero-order valence-electron chi connectivity index (χ0n) is 25.6. The maximum atomic E-state index is 15.4. The third kappa shape index (κ3) is 5.95. The highest BCUT2D eigenvalue weighted by molar-refractivity contribution is 8.46. The van der Waals surface area contributed by atoms with Gasteiger partial charge in [0.05, 0.1) is 16.7 Å². The van der Waals surface area contributed by atoms with Gasteiger partial charge in [-0.2, -0.15) is 20.2 Å². The zero-order chi connectivity index (χ0) is 42.9. The second-order valence-corrected chi connectivity index (χ2v) is 16.1.